The lowest BCUT2D eigenvalue weighted by atomic mass is 9.96. The van der Waals surface area contributed by atoms with Gasteiger partial charge >= 0.3 is 5.97 Å². The molecule has 2 aromatic carbocycles. The number of aryl methyl sites for hydroxylation is 1. The molecular formula is C27H31N3O5. The van der Waals surface area contributed by atoms with Gasteiger partial charge in [-0.05, 0) is 63.0 Å². The zero-order chi connectivity index (χ0) is 24.4. The highest BCUT2D eigenvalue weighted by Crippen LogP contribution is 2.39. The smallest absolute Gasteiger partial charge is 0.309 e. The molecule has 1 fully saturated rings. The van der Waals surface area contributed by atoms with Gasteiger partial charge in [0.2, 0.25) is 6.79 Å². The molecule has 8 nitrogen and oxygen atoms in total. The van der Waals surface area contributed by atoms with Gasteiger partial charge in [0.05, 0.1) is 30.8 Å². The van der Waals surface area contributed by atoms with Crippen molar-refractivity contribution in [1.29, 1.82) is 0 Å². The first-order valence-electron chi connectivity index (χ1n) is 12.3. The average Bonchev–Trinajstić information content (AvgIpc) is 3.52. The highest BCUT2D eigenvalue weighted by Gasteiger charge is 2.35. The van der Waals surface area contributed by atoms with Crippen LogP contribution in [0.1, 0.15) is 48.9 Å². The van der Waals surface area contributed by atoms with Gasteiger partial charge in [-0.15, -0.1) is 0 Å². The van der Waals surface area contributed by atoms with E-state index in [0.29, 0.717) is 50.5 Å². The average molecular weight is 478 g/mol. The summed E-state index contributed by atoms with van der Waals surface area (Å²) in [6.07, 6.45) is 2.03. The summed E-state index contributed by atoms with van der Waals surface area (Å²) in [6, 6.07) is 13.8. The normalized spacial score (nSPS) is 20.1. The first kappa shape index (κ1) is 23.4. The minimum Gasteiger partial charge on any atom is -0.466 e. The first-order chi connectivity index (χ1) is 17.0. The van der Waals surface area contributed by atoms with E-state index in [9.17, 15) is 9.59 Å². The molecule has 0 radical (unpaired) electrons. The van der Waals surface area contributed by atoms with Crippen molar-refractivity contribution in [3.05, 3.63) is 59.2 Å². The molecule has 0 unspecified atom stereocenters. The van der Waals surface area contributed by atoms with Gasteiger partial charge in [-0.1, -0.05) is 35.9 Å². The largest absolute Gasteiger partial charge is 0.466 e. The summed E-state index contributed by atoms with van der Waals surface area (Å²) >= 11 is 0. The third-order valence-corrected chi connectivity index (χ3v) is 6.90. The number of rotatable bonds is 6. The number of hydrogen-bond donors (Lipinski definition) is 0. The Labute approximate surface area is 205 Å². The molecule has 3 heterocycles. The van der Waals surface area contributed by atoms with E-state index in [4.69, 9.17) is 19.3 Å². The summed E-state index contributed by atoms with van der Waals surface area (Å²) in [5, 5.41) is 6.43. The molecule has 5 rings (SSSR count). The molecule has 2 aromatic rings. The minimum atomic E-state index is -0.217. The van der Waals surface area contributed by atoms with Gasteiger partial charge in [0.25, 0.3) is 5.91 Å². The van der Waals surface area contributed by atoms with Gasteiger partial charge in [-0.25, -0.2) is 5.01 Å². The van der Waals surface area contributed by atoms with Crippen molar-refractivity contribution in [3.8, 4) is 11.5 Å². The number of amides is 1. The van der Waals surface area contributed by atoms with Crippen LogP contribution in [0.5, 0.6) is 11.5 Å². The molecule has 1 amide bonds. The lowest BCUT2D eigenvalue weighted by Gasteiger charge is -2.32. The number of esters is 1. The van der Waals surface area contributed by atoms with Crippen LogP contribution in [0.15, 0.2) is 47.6 Å². The van der Waals surface area contributed by atoms with Gasteiger partial charge in [-0.3, -0.25) is 14.5 Å². The molecule has 35 heavy (non-hydrogen) atoms. The Morgan fingerprint density at radius 3 is 2.54 bits per heavy atom. The number of benzene rings is 2. The standard InChI is InChI=1S/C27H31N3O5/c1-3-33-27(32)20-10-12-29(13-11-20)16-26(31)30-23(21-8-9-24-25(14-21)35-17-34-24)15-22(28-30)19-6-4-18(2)5-7-19/h4-9,14,20,23H,3,10-13,15-17H2,1-2H3/t23-/m0/s1. The van der Waals surface area contributed by atoms with E-state index in [2.05, 4.69) is 36.1 Å². The van der Waals surface area contributed by atoms with Crippen molar-refractivity contribution in [3.63, 3.8) is 0 Å². The highest BCUT2D eigenvalue weighted by molar-refractivity contribution is 6.03. The second-order valence-electron chi connectivity index (χ2n) is 9.29. The molecule has 8 heteroatoms. The third-order valence-electron chi connectivity index (χ3n) is 6.90. The molecule has 3 aliphatic rings. The fourth-order valence-corrected chi connectivity index (χ4v) is 4.89. The van der Waals surface area contributed by atoms with E-state index >= 15 is 0 Å². The summed E-state index contributed by atoms with van der Waals surface area (Å²) in [6.45, 7) is 6.12. The first-order valence-corrected chi connectivity index (χ1v) is 12.3. The summed E-state index contributed by atoms with van der Waals surface area (Å²) in [5.74, 6) is 1.15. The van der Waals surface area contributed by atoms with Crippen LogP contribution >= 0.6 is 0 Å². The van der Waals surface area contributed by atoms with Crippen molar-refractivity contribution in [2.45, 2.75) is 39.2 Å². The summed E-state index contributed by atoms with van der Waals surface area (Å²) in [5.41, 5.74) is 4.06. The summed E-state index contributed by atoms with van der Waals surface area (Å²) in [7, 11) is 0. The molecule has 0 aliphatic carbocycles. The topological polar surface area (TPSA) is 80.7 Å². The number of hydrogen-bond acceptors (Lipinski definition) is 7. The van der Waals surface area contributed by atoms with Crippen LogP contribution in [0, 0.1) is 12.8 Å². The molecule has 1 saturated heterocycles. The van der Waals surface area contributed by atoms with Gasteiger partial charge in [0, 0.05) is 6.42 Å². The maximum absolute atomic E-state index is 13.5. The van der Waals surface area contributed by atoms with E-state index in [0.717, 1.165) is 16.8 Å². The molecule has 0 bridgehead atoms. The van der Waals surface area contributed by atoms with Gasteiger partial charge in [0.15, 0.2) is 11.5 Å². The lowest BCUT2D eigenvalue weighted by Crippen LogP contribution is -2.43. The predicted octanol–water partition coefficient (Wildman–Crippen LogP) is 3.68. The number of ether oxygens (including phenoxy) is 3. The lowest BCUT2D eigenvalue weighted by molar-refractivity contribution is -0.149. The van der Waals surface area contributed by atoms with Crippen LogP contribution in [-0.4, -0.2) is 60.5 Å². The number of carbonyl (C=O) groups excluding carboxylic acids is 2. The van der Waals surface area contributed by atoms with Crippen LogP contribution in [0.25, 0.3) is 0 Å². The number of hydrazone groups is 1. The Morgan fingerprint density at radius 1 is 1.06 bits per heavy atom. The van der Waals surface area contributed by atoms with Crippen LogP contribution in [0.2, 0.25) is 0 Å². The van der Waals surface area contributed by atoms with Gasteiger partial charge in [-0.2, -0.15) is 5.10 Å². The third kappa shape index (κ3) is 5.03. The van der Waals surface area contributed by atoms with E-state index in [1.807, 2.05) is 25.1 Å². The fraction of sp³-hybridized carbons (Fsp3) is 0.444. The van der Waals surface area contributed by atoms with E-state index < -0.39 is 0 Å². The van der Waals surface area contributed by atoms with E-state index in [1.165, 1.54) is 5.56 Å². The molecule has 0 aromatic heterocycles. The zero-order valence-electron chi connectivity index (χ0n) is 20.2. The Hall–Kier alpha value is -3.39. The number of carbonyl (C=O) groups is 2. The second-order valence-corrected chi connectivity index (χ2v) is 9.29. The number of piperidine rings is 1. The van der Waals surface area contributed by atoms with Crippen LogP contribution in [-0.2, 0) is 14.3 Å². The van der Waals surface area contributed by atoms with Crippen molar-refractivity contribution < 1.29 is 23.8 Å². The minimum absolute atomic E-state index is 0.0515. The van der Waals surface area contributed by atoms with Crippen molar-refractivity contribution >= 4 is 17.6 Å². The maximum atomic E-state index is 13.5. The van der Waals surface area contributed by atoms with Gasteiger partial charge in [0.1, 0.15) is 0 Å². The molecular weight excluding hydrogens is 446 g/mol. The highest BCUT2D eigenvalue weighted by atomic mass is 16.7. The van der Waals surface area contributed by atoms with Crippen molar-refractivity contribution in [1.82, 2.24) is 9.91 Å². The SMILES string of the molecule is CCOC(=O)C1CCN(CC(=O)N2N=C(c3ccc(C)cc3)C[C@H]2c2ccc3c(c2)OCO3)CC1. The molecule has 0 spiro atoms. The zero-order valence-corrected chi connectivity index (χ0v) is 20.2. The Bertz CT molecular complexity index is 1120. The fourth-order valence-electron chi connectivity index (χ4n) is 4.89. The molecule has 1 atom stereocenters. The molecule has 184 valence electrons. The Balaban J connectivity index is 1.33. The Morgan fingerprint density at radius 2 is 1.80 bits per heavy atom. The number of nitrogens with zero attached hydrogens (tertiary/aromatic N) is 3. The van der Waals surface area contributed by atoms with E-state index in [-0.39, 0.29) is 37.2 Å². The van der Waals surface area contributed by atoms with Crippen LogP contribution in [0.3, 0.4) is 0 Å². The van der Waals surface area contributed by atoms with Crippen LogP contribution < -0.4 is 9.47 Å². The number of fused-ring (bicyclic) bond motifs is 1. The maximum Gasteiger partial charge on any atom is 0.309 e. The van der Waals surface area contributed by atoms with Crippen molar-refractivity contribution in [2.24, 2.45) is 11.0 Å². The Kier molecular flexibility index (Phi) is 6.72. The second kappa shape index (κ2) is 10.1. The van der Waals surface area contributed by atoms with E-state index in [1.54, 1.807) is 5.01 Å². The molecule has 3 aliphatic heterocycles. The molecule has 0 saturated carbocycles. The summed E-state index contributed by atoms with van der Waals surface area (Å²) < 4.78 is 16.2. The quantitative estimate of drug-likeness (QED) is 0.591. The van der Waals surface area contributed by atoms with Gasteiger partial charge < -0.3 is 14.2 Å². The van der Waals surface area contributed by atoms with Crippen LogP contribution in [0.4, 0.5) is 0 Å². The summed E-state index contributed by atoms with van der Waals surface area (Å²) in [4.78, 5) is 27.7. The van der Waals surface area contributed by atoms with Crippen molar-refractivity contribution in [2.75, 3.05) is 33.0 Å². The predicted molar refractivity (Wildman–Crippen MR) is 130 cm³/mol. The number of likely N-dealkylation sites (tertiary alicyclic amines) is 1. The monoisotopic (exact) mass is 477 g/mol. The molecule has 0 N–H and O–H groups in total.